The molecule has 2 rings (SSSR count). The van der Waals surface area contributed by atoms with Gasteiger partial charge in [-0.15, -0.1) is 4.73 Å². The Hall–Kier alpha value is -2.58. The molecule has 0 atom stereocenters. The van der Waals surface area contributed by atoms with E-state index >= 15 is 0 Å². The molecule has 0 aliphatic heterocycles. The van der Waals surface area contributed by atoms with Crippen LogP contribution in [0.3, 0.4) is 0 Å². The lowest BCUT2D eigenvalue weighted by molar-refractivity contribution is 0.0488. The number of hydrogen-bond acceptors (Lipinski definition) is 6. The third kappa shape index (κ3) is 5.77. The molecule has 1 aromatic heterocycles. The number of nitrogens with zero attached hydrogens (tertiary/aromatic N) is 1. The van der Waals surface area contributed by atoms with E-state index in [1.165, 1.54) is 12.1 Å². The predicted octanol–water partition coefficient (Wildman–Crippen LogP) is 1.87. The Bertz CT molecular complexity index is 594. The van der Waals surface area contributed by atoms with Crippen LogP contribution in [0, 0.1) is 0 Å². The Morgan fingerprint density at radius 2 is 1.44 bits per heavy atom. The van der Waals surface area contributed by atoms with E-state index in [2.05, 4.69) is 10.6 Å². The molecule has 1 saturated carbocycles. The zero-order valence-corrected chi connectivity index (χ0v) is 14.6. The molecule has 0 radical (unpaired) electrons. The topological polar surface area (TPSA) is 122 Å². The Balaban J connectivity index is 1.73. The summed E-state index contributed by atoms with van der Waals surface area (Å²) in [7, 11) is 0. The van der Waals surface area contributed by atoms with E-state index in [9.17, 15) is 19.8 Å². The van der Waals surface area contributed by atoms with Crippen molar-refractivity contribution in [3.05, 3.63) is 12.1 Å². The highest BCUT2D eigenvalue weighted by molar-refractivity contribution is 5.68. The molecule has 25 heavy (non-hydrogen) atoms. The van der Waals surface area contributed by atoms with Gasteiger partial charge in [0.15, 0.2) is 0 Å². The van der Waals surface area contributed by atoms with Gasteiger partial charge in [-0.05, 0) is 46.5 Å². The summed E-state index contributed by atoms with van der Waals surface area (Å²) in [6, 6.07) is 2.30. The zero-order chi connectivity index (χ0) is 18.6. The van der Waals surface area contributed by atoms with E-state index in [4.69, 9.17) is 9.57 Å². The van der Waals surface area contributed by atoms with Crippen molar-refractivity contribution in [1.82, 2.24) is 15.4 Å². The van der Waals surface area contributed by atoms with Gasteiger partial charge in [0, 0.05) is 24.2 Å². The number of ether oxygens (including phenoxy) is 1. The molecular weight excluding hydrogens is 330 g/mol. The number of amides is 2. The van der Waals surface area contributed by atoms with Gasteiger partial charge in [0.2, 0.25) is 11.8 Å². The van der Waals surface area contributed by atoms with Crippen molar-refractivity contribution in [2.75, 3.05) is 0 Å². The Kier molecular flexibility index (Phi) is 5.66. The number of carbonyl (C=O) groups is 2. The lowest BCUT2D eigenvalue weighted by Gasteiger charge is -2.30. The van der Waals surface area contributed by atoms with Crippen LogP contribution < -0.4 is 15.5 Å². The smallest absolute Gasteiger partial charge is 0.432 e. The average molecular weight is 355 g/mol. The number of carbonyl (C=O) groups excluding carboxylic acids is 2. The first-order valence-electron chi connectivity index (χ1n) is 8.22. The van der Waals surface area contributed by atoms with Crippen molar-refractivity contribution in [3.8, 4) is 11.8 Å². The molecule has 0 bridgehead atoms. The maximum absolute atomic E-state index is 11.8. The maximum Gasteiger partial charge on any atom is 0.432 e. The molecule has 9 nitrogen and oxygen atoms in total. The Labute approximate surface area is 145 Å². The minimum atomic E-state index is -0.773. The van der Waals surface area contributed by atoms with Gasteiger partial charge in [0.1, 0.15) is 5.60 Å². The van der Waals surface area contributed by atoms with E-state index in [0.717, 1.165) is 0 Å². The first-order valence-corrected chi connectivity index (χ1v) is 8.22. The number of alkyl carbamates (subject to hydrolysis) is 1. The first-order chi connectivity index (χ1) is 11.6. The summed E-state index contributed by atoms with van der Waals surface area (Å²) in [6.07, 6.45) is 1.51. The second-order valence-corrected chi connectivity index (χ2v) is 7.06. The van der Waals surface area contributed by atoms with Gasteiger partial charge < -0.3 is 30.4 Å². The quantitative estimate of drug-likeness (QED) is 0.657. The highest BCUT2D eigenvalue weighted by Gasteiger charge is 2.26. The van der Waals surface area contributed by atoms with Gasteiger partial charge >= 0.3 is 12.2 Å². The average Bonchev–Trinajstić information content (AvgIpc) is 2.79. The number of aromatic hydroxyl groups is 2. The van der Waals surface area contributed by atoms with Crippen molar-refractivity contribution in [2.24, 2.45) is 0 Å². The summed E-state index contributed by atoms with van der Waals surface area (Å²) < 4.78 is 5.85. The van der Waals surface area contributed by atoms with Crippen molar-refractivity contribution in [1.29, 1.82) is 0 Å². The van der Waals surface area contributed by atoms with Crippen LogP contribution in [0.4, 0.5) is 9.59 Å². The van der Waals surface area contributed by atoms with Crippen LogP contribution in [-0.4, -0.2) is 44.8 Å². The molecule has 1 aliphatic rings. The largest absolute Gasteiger partial charge is 0.492 e. The molecule has 0 aromatic carbocycles. The molecule has 1 aromatic rings. The maximum atomic E-state index is 11.8. The number of aromatic nitrogens is 1. The highest BCUT2D eigenvalue weighted by Crippen LogP contribution is 2.21. The van der Waals surface area contributed by atoms with Crippen LogP contribution >= 0.6 is 0 Å². The van der Waals surface area contributed by atoms with Gasteiger partial charge in [-0.1, -0.05) is 0 Å². The van der Waals surface area contributed by atoms with E-state index in [-0.39, 0.29) is 23.8 Å². The summed E-state index contributed by atoms with van der Waals surface area (Å²) in [4.78, 5) is 28.4. The fourth-order valence-corrected chi connectivity index (χ4v) is 2.63. The van der Waals surface area contributed by atoms with Crippen LogP contribution in [0.1, 0.15) is 46.5 Å². The van der Waals surface area contributed by atoms with E-state index in [1.807, 2.05) is 0 Å². The molecular formula is C16H25N3O6. The van der Waals surface area contributed by atoms with Gasteiger partial charge in [-0.2, -0.15) is 0 Å². The monoisotopic (exact) mass is 355 g/mol. The molecule has 9 heteroatoms. The summed E-state index contributed by atoms with van der Waals surface area (Å²) in [5.74, 6) is -0.754. The second-order valence-electron chi connectivity index (χ2n) is 7.06. The van der Waals surface area contributed by atoms with Crippen LogP contribution in [0.2, 0.25) is 0 Å². The van der Waals surface area contributed by atoms with E-state index < -0.39 is 17.8 Å². The fourth-order valence-electron chi connectivity index (χ4n) is 2.63. The highest BCUT2D eigenvalue weighted by atomic mass is 16.7. The van der Waals surface area contributed by atoms with Crippen molar-refractivity contribution < 1.29 is 29.4 Å². The summed E-state index contributed by atoms with van der Waals surface area (Å²) in [5, 5.41) is 24.4. The molecule has 1 fully saturated rings. The van der Waals surface area contributed by atoms with Crippen LogP contribution in [0.15, 0.2) is 12.1 Å². The third-order valence-electron chi connectivity index (χ3n) is 3.74. The molecule has 1 heterocycles. The number of nitrogens with one attached hydrogen (secondary N) is 2. The van der Waals surface area contributed by atoms with Crippen LogP contribution in [-0.2, 0) is 4.74 Å². The van der Waals surface area contributed by atoms with E-state index in [1.54, 1.807) is 20.8 Å². The predicted molar refractivity (Wildman–Crippen MR) is 88.3 cm³/mol. The molecule has 1 aliphatic carbocycles. The van der Waals surface area contributed by atoms with Gasteiger partial charge in [0.25, 0.3) is 0 Å². The minimum absolute atomic E-state index is 0.00135. The first kappa shape index (κ1) is 18.8. The van der Waals surface area contributed by atoms with Gasteiger partial charge in [-0.3, -0.25) is 0 Å². The Morgan fingerprint density at radius 3 is 1.88 bits per heavy atom. The number of rotatable bonds is 3. The summed E-state index contributed by atoms with van der Waals surface area (Å²) in [5.41, 5.74) is -0.540. The van der Waals surface area contributed by atoms with Crippen molar-refractivity contribution in [2.45, 2.75) is 64.1 Å². The van der Waals surface area contributed by atoms with Gasteiger partial charge in [-0.25, -0.2) is 9.59 Å². The molecule has 0 spiro atoms. The van der Waals surface area contributed by atoms with E-state index in [0.29, 0.717) is 30.4 Å². The lowest BCUT2D eigenvalue weighted by Crippen LogP contribution is -2.46. The second kappa shape index (κ2) is 7.54. The standard InChI is InChI=1S/C16H25N3O6/c1-16(2,3)24-14(22)17-10-4-6-11(7-5-10)18-15(23)25-19-12(20)8-9-13(19)21/h8-11,20-21H,4-7H2,1-3H3,(H,17,22)(H,18,23). The molecule has 0 saturated heterocycles. The minimum Gasteiger partial charge on any atom is -0.492 e. The summed E-state index contributed by atoms with van der Waals surface area (Å²) >= 11 is 0. The lowest BCUT2D eigenvalue weighted by atomic mass is 9.91. The van der Waals surface area contributed by atoms with Gasteiger partial charge in [0.05, 0.1) is 0 Å². The molecule has 140 valence electrons. The number of hydrogen-bond donors (Lipinski definition) is 4. The normalized spacial score (nSPS) is 20.6. The zero-order valence-electron chi connectivity index (χ0n) is 14.6. The third-order valence-corrected chi connectivity index (χ3v) is 3.74. The molecule has 4 N–H and O–H groups in total. The molecule has 0 unspecified atom stereocenters. The molecule has 2 amide bonds. The fraction of sp³-hybridized carbons (Fsp3) is 0.625. The Morgan fingerprint density at radius 1 is 1.00 bits per heavy atom. The van der Waals surface area contributed by atoms with Crippen LogP contribution in [0.25, 0.3) is 0 Å². The van der Waals surface area contributed by atoms with Crippen molar-refractivity contribution >= 4 is 12.2 Å². The SMILES string of the molecule is CC(C)(C)OC(=O)NC1CCC(NC(=O)On2c(O)ccc2O)CC1. The van der Waals surface area contributed by atoms with Crippen LogP contribution in [0.5, 0.6) is 11.8 Å². The summed E-state index contributed by atoms with van der Waals surface area (Å²) in [6.45, 7) is 5.41. The van der Waals surface area contributed by atoms with Crippen molar-refractivity contribution in [3.63, 3.8) is 0 Å².